The molecule has 0 unspecified atom stereocenters. The fraction of sp³-hybridized carbons (Fsp3) is 0.0625. The molecule has 0 N–H and O–H groups in total. The first kappa shape index (κ1) is 11.2. The molecule has 2 rings (SSSR count). The van der Waals surface area contributed by atoms with Crippen LogP contribution in [-0.2, 0) is 0 Å². The molecule has 0 aliphatic carbocycles. The number of aryl methyl sites for hydroxylation is 1. The monoisotopic (exact) mass is 219 g/mol. The van der Waals surface area contributed by atoms with Crippen LogP contribution in [0.15, 0.2) is 48.5 Å². The highest BCUT2D eigenvalue weighted by molar-refractivity contribution is 5.76. The van der Waals surface area contributed by atoms with Gasteiger partial charge in [0.1, 0.15) is 0 Å². The second-order valence-electron chi connectivity index (χ2n) is 3.91. The van der Waals surface area contributed by atoms with Gasteiger partial charge in [-0.05, 0) is 18.1 Å². The normalized spacial score (nSPS) is 10.4. The van der Waals surface area contributed by atoms with Crippen LogP contribution in [0.5, 0.6) is 0 Å². The van der Waals surface area contributed by atoms with E-state index in [0.29, 0.717) is 5.69 Å². The summed E-state index contributed by atoms with van der Waals surface area (Å²) in [7, 11) is 0. The van der Waals surface area contributed by atoms with Crippen molar-refractivity contribution in [2.45, 2.75) is 6.92 Å². The minimum Gasteiger partial charge on any atom is -0.238 e. The van der Waals surface area contributed by atoms with E-state index in [1.165, 1.54) is 5.56 Å². The van der Waals surface area contributed by atoms with E-state index in [0.717, 1.165) is 11.1 Å². The first-order valence-corrected chi connectivity index (χ1v) is 5.51. The van der Waals surface area contributed by atoms with Gasteiger partial charge in [-0.25, -0.2) is 4.85 Å². The molecule has 0 bridgehead atoms. The van der Waals surface area contributed by atoms with Gasteiger partial charge in [0.25, 0.3) is 0 Å². The minimum atomic E-state index is 0.691. The van der Waals surface area contributed by atoms with Gasteiger partial charge >= 0.3 is 0 Å². The third-order valence-corrected chi connectivity index (χ3v) is 2.59. The van der Waals surface area contributed by atoms with Crippen LogP contribution in [0.25, 0.3) is 17.0 Å². The molecule has 0 fully saturated rings. The summed E-state index contributed by atoms with van der Waals surface area (Å²) < 4.78 is 0. The molecule has 0 aliphatic rings. The Balaban J connectivity index is 2.26. The average molecular weight is 219 g/mol. The van der Waals surface area contributed by atoms with Gasteiger partial charge in [0.15, 0.2) is 5.69 Å². The van der Waals surface area contributed by atoms with E-state index in [1.807, 2.05) is 36.4 Å². The molecule has 0 saturated heterocycles. The van der Waals surface area contributed by atoms with Gasteiger partial charge < -0.3 is 0 Å². The Morgan fingerprint density at radius 2 is 1.65 bits per heavy atom. The third-order valence-electron chi connectivity index (χ3n) is 2.59. The zero-order chi connectivity index (χ0) is 12.1. The molecule has 0 amide bonds. The van der Waals surface area contributed by atoms with Crippen molar-refractivity contribution in [1.82, 2.24) is 0 Å². The molecule has 0 aliphatic heterocycles. The Labute approximate surface area is 102 Å². The largest absolute Gasteiger partial charge is 0.238 e. The van der Waals surface area contributed by atoms with Crippen molar-refractivity contribution in [3.05, 3.63) is 76.6 Å². The SMILES string of the molecule is [C-]#[N+]c1ccccc1C=Cc1ccc(C)cc1. The highest BCUT2D eigenvalue weighted by Crippen LogP contribution is 2.20. The fourth-order valence-corrected chi connectivity index (χ4v) is 1.59. The predicted octanol–water partition coefficient (Wildman–Crippen LogP) is 4.72. The van der Waals surface area contributed by atoms with E-state index in [1.54, 1.807) is 0 Å². The molecule has 82 valence electrons. The van der Waals surface area contributed by atoms with Crippen molar-refractivity contribution in [1.29, 1.82) is 0 Å². The molecule has 0 aromatic heterocycles. The van der Waals surface area contributed by atoms with E-state index in [4.69, 9.17) is 6.57 Å². The molecular weight excluding hydrogens is 206 g/mol. The Morgan fingerprint density at radius 1 is 0.941 bits per heavy atom. The van der Waals surface area contributed by atoms with Crippen LogP contribution in [-0.4, -0.2) is 0 Å². The van der Waals surface area contributed by atoms with Gasteiger partial charge in [0.05, 0.1) is 6.57 Å². The molecule has 2 aromatic rings. The summed E-state index contributed by atoms with van der Waals surface area (Å²) in [4.78, 5) is 3.50. The molecule has 1 nitrogen and oxygen atoms in total. The number of hydrogen-bond donors (Lipinski definition) is 0. The maximum Gasteiger partial charge on any atom is 0.194 e. The summed E-state index contributed by atoms with van der Waals surface area (Å²) in [5.41, 5.74) is 4.05. The standard InChI is InChI=1S/C16H13N/c1-13-7-9-14(10-8-13)11-12-15-5-3-4-6-16(15)17-2/h3-12H,1H3. The molecular formula is C16H13N. The molecule has 1 heteroatoms. The first-order chi connectivity index (χ1) is 8.29. The number of rotatable bonds is 2. The number of hydrogen-bond acceptors (Lipinski definition) is 0. The smallest absolute Gasteiger partial charge is 0.194 e. The molecule has 0 spiro atoms. The summed E-state index contributed by atoms with van der Waals surface area (Å²) in [6.07, 6.45) is 4.02. The number of benzene rings is 2. The minimum absolute atomic E-state index is 0.691. The van der Waals surface area contributed by atoms with Crippen molar-refractivity contribution in [3.8, 4) is 0 Å². The lowest BCUT2D eigenvalue weighted by molar-refractivity contribution is 1.46. The van der Waals surface area contributed by atoms with E-state index in [2.05, 4.69) is 36.0 Å². The molecule has 0 radical (unpaired) electrons. The maximum atomic E-state index is 7.09. The van der Waals surface area contributed by atoms with Crippen LogP contribution in [0, 0.1) is 13.5 Å². The number of para-hydroxylation sites is 1. The van der Waals surface area contributed by atoms with Crippen LogP contribution < -0.4 is 0 Å². The molecule has 0 saturated carbocycles. The summed E-state index contributed by atoms with van der Waals surface area (Å²) in [6, 6.07) is 15.9. The Hall–Kier alpha value is -2.33. The van der Waals surface area contributed by atoms with Gasteiger partial charge in [0, 0.05) is 0 Å². The summed E-state index contributed by atoms with van der Waals surface area (Å²) >= 11 is 0. The first-order valence-electron chi connectivity index (χ1n) is 5.51. The van der Waals surface area contributed by atoms with Crippen LogP contribution in [0.3, 0.4) is 0 Å². The van der Waals surface area contributed by atoms with Crippen molar-refractivity contribution in [2.75, 3.05) is 0 Å². The zero-order valence-electron chi connectivity index (χ0n) is 9.72. The van der Waals surface area contributed by atoms with E-state index in [9.17, 15) is 0 Å². The van der Waals surface area contributed by atoms with Crippen LogP contribution in [0.4, 0.5) is 5.69 Å². The fourth-order valence-electron chi connectivity index (χ4n) is 1.59. The van der Waals surface area contributed by atoms with Gasteiger partial charge in [-0.2, -0.15) is 0 Å². The highest BCUT2D eigenvalue weighted by atomic mass is 14.6. The van der Waals surface area contributed by atoms with Gasteiger partial charge in [0.2, 0.25) is 0 Å². The molecule has 0 heterocycles. The van der Waals surface area contributed by atoms with Crippen LogP contribution in [0.1, 0.15) is 16.7 Å². The summed E-state index contributed by atoms with van der Waals surface area (Å²) in [6.45, 7) is 9.16. The Bertz CT molecular complexity index is 571. The maximum absolute atomic E-state index is 7.09. The zero-order valence-corrected chi connectivity index (χ0v) is 9.72. The predicted molar refractivity (Wildman–Crippen MR) is 72.8 cm³/mol. The van der Waals surface area contributed by atoms with Gasteiger partial charge in [-0.3, -0.25) is 0 Å². The molecule has 17 heavy (non-hydrogen) atoms. The lowest BCUT2D eigenvalue weighted by Crippen LogP contribution is -1.75. The summed E-state index contributed by atoms with van der Waals surface area (Å²) in [5, 5.41) is 0. The van der Waals surface area contributed by atoms with Crippen LogP contribution in [0.2, 0.25) is 0 Å². The lowest BCUT2D eigenvalue weighted by Gasteiger charge is -1.97. The summed E-state index contributed by atoms with van der Waals surface area (Å²) in [5.74, 6) is 0. The van der Waals surface area contributed by atoms with Crippen molar-refractivity contribution in [2.24, 2.45) is 0 Å². The van der Waals surface area contributed by atoms with E-state index in [-0.39, 0.29) is 0 Å². The Morgan fingerprint density at radius 3 is 2.35 bits per heavy atom. The quantitative estimate of drug-likeness (QED) is 0.508. The number of nitrogens with zero attached hydrogens (tertiary/aromatic N) is 1. The van der Waals surface area contributed by atoms with Crippen molar-refractivity contribution >= 4 is 17.8 Å². The van der Waals surface area contributed by atoms with E-state index >= 15 is 0 Å². The second-order valence-corrected chi connectivity index (χ2v) is 3.91. The molecule has 2 aromatic carbocycles. The van der Waals surface area contributed by atoms with Crippen LogP contribution >= 0.6 is 0 Å². The van der Waals surface area contributed by atoms with E-state index < -0.39 is 0 Å². The van der Waals surface area contributed by atoms with Gasteiger partial charge in [-0.1, -0.05) is 66.2 Å². The van der Waals surface area contributed by atoms with Crippen molar-refractivity contribution < 1.29 is 0 Å². The molecule has 0 atom stereocenters. The average Bonchev–Trinajstić information content (AvgIpc) is 2.38. The second kappa shape index (κ2) is 5.14. The van der Waals surface area contributed by atoms with Crippen molar-refractivity contribution in [3.63, 3.8) is 0 Å². The third kappa shape index (κ3) is 2.83. The lowest BCUT2D eigenvalue weighted by atomic mass is 10.1. The topological polar surface area (TPSA) is 4.36 Å². The highest BCUT2D eigenvalue weighted by Gasteiger charge is 1.95. The Kier molecular flexibility index (Phi) is 3.37. The van der Waals surface area contributed by atoms with Gasteiger partial charge in [-0.15, -0.1) is 0 Å².